The third-order valence-corrected chi connectivity index (χ3v) is 3.12. The van der Waals surface area contributed by atoms with Crippen LogP contribution in [0.1, 0.15) is 29.3 Å². The van der Waals surface area contributed by atoms with Gasteiger partial charge in [-0.25, -0.2) is 4.79 Å². The summed E-state index contributed by atoms with van der Waals surface area (Å²) in [6.45, 7) is 2.69. The smallest absolute Gasteiger partial charge is 0.338 e. The van der Waals surface area contributed by atoms with Crippen LogP contribution in [0.3, 0.4) is 0 Å². The summed E-state index contributed by atoms with van der Waals surface area (Å²) in [5.41, 5.74) is 1.18. The lowest BCUT2D eigenvalue weighted by Gasteiger charge is -2.08. The minimum absolute atomic E-state index is 0.140. The van der Waals surface area contributed by atoms with Crippen molar-refractivity contribution in [3.05, 3.63) is 69.1 Å². The second-order valence-corrected chi connectivity index (χ2v) is 5.09. The normalized spacial score (nSPS) is 10.4. The second-order valence-electron chi connectivity index (χ2n) is 4.65. The van der Waals surface area contributed by atoms with Crippen molar-refractivity contribution in [3.63, 3.8) is 0 Å². The van der Waals surface area contributed by atoms with Crippen LogP contribution in [-0.4, -0.2) is 17.1 Å². The lowest BCUT2D eigenvalue weighted by atomic mass is 10.1. The Labute approximate surface area is 127 Å². The molecule has 0 fully saturated rings. The summed E-state index contributed by atoms with van der Waals surface area (Å²) >= 11 is 5.89. The number of esters is 1. The van der Waals surface area contributed by atoms with Gasteiger partial charge in [-0.05, 0) is 30.2 Å². The minimum Gasteiger partial charge on any atom is -0.462 e. The summed E-state index contributed by atoms with van der Waals surface area (Å²) in [6, 6.07) is 10.0. The molecule has 0 aliphatic rings. The van der Waals surface area contributed by atoms with Gasteiger partial charge < -0.3 is 9.30 Å². The van der Waals surface area contributed by atoms with Crippen LogP contribution in [0.2, 0.25) is 5.02 Å². The van der Waals surface area contributed by atoms with Crippen molar-refractivity contribution in [2.45, 2.75) is 19.9 Å². The van der Waals surface area contributed by atoms with Crippen molar-refractivity contribution in [2.24, 2.45) is 0 Å². The van der Waals surface area contributed by atoms with Gasteiger partial charge >= 0.3 is 5.97 Å². The minimum atomic E-state index is -0.350. The lowest BCUT2D eigenvalue weighted by Crippen LogP contribution is -2.19. The van der Waals surface area contributed by atoms with Crippen molar-refractivity contribution in [1.82, 2.24) is 4.57 Å². The first-order valence-corrected chi connectivity index (χ1v) is 7.10. The van der Waals surface area contributed by atoms with Gasteiger partial charge in [0, 0.05) is 12.3 Å². The molecular formula is C16H16ClNO3. The third-order valence-electron chi connectivity index (χ3n) is 2.90. The molecule has 5 heteroatoms. The molecular weight excluding hydrogens is 290 g/mol. The molecule has 2 aromatic rings. The summed E-state index contributed by atoms with van der Waals surface area (Å²) in [5.74, 6) is -0.350. The van der Waals surface area contributed by atoms with E-state index in [1.165, 1.54) is 10.6 Å². The Bertz CT molecular complexity index is 694. The maximum atomic E-state index is 11.8. The number of carbonyl (C=O) groups is 1. The largest absolute Gasteiger partial charge is 0.462 e. The molecule has 0 saturated carbocycles. The van der Waals surface area contributed by atoms with Gasteiger partial charge in [-0.15, -0.1) is 0 Å². The predicted molar refractivity (Wildman–Crippen MR) is 81.8 cm³/mol. The molecule has 0 aliphatic heterocycles. The number of nitrogens with zero attached hydrogens (tertiary/aromatic N) is 1. The van der Waals surface area contributed by atoms with Crippen LogP contribution >= 0.6 is 11.6 Å². The molecule has 1 heterocycles. The second kappa shape index (κ2) is 7.09. The zero-order valence-corrected chi connectivity index (χ0v) is 12.5. The quantitative estimate of drug-likeness (QED) is 0.797. The number of hydrogen-bond donors (Lipinski definition) is 0. The fraction of sp³-hybridized carbons (Fsp3) is 0.250. The molecule has 0 saturated heterocycles. The van der Waals surface area contributed by atoms with E-state index in [1.54, 1.807) is 30.5 Å². The highest BCUT2D eigenvalue weighted by molar-refractivity contribution is 6.30. The van der Waals surface area contributed by atoms with Crippen molar-refractivity contribution in [3.8, 4) is 0 Å². The summed E-state index contributed by atoms with van der Waals surface area (Å²) in [4.78, 5) is 23.6. The lowest BCUT2D eigenvalue weighted by molar-refractivity contribution is 0.0505. The molecule has 21 heavy (non-hydrogen) atoms. The van der Waals surface area contributed by atoms with Crippen LogP contribution in [0.5, 0.6) is 0 Å². The maximum Gasteiger partial charge on any atom is 0.338 e. The molecule has 0 atom stereocenters. The molecule has 0 radical (unpaired) electrons. The number of halogens is 1. The first kappa shape index (κ1) is 15.3. The first-order chi connectivity index (χ1) is 10.1. The summed E-state index contributed by atoms with van der Waals surface area (Å²) < 4.78 is 6.60. The third kappa shape index (κ3) is 4.20. The van der Waals surface area contributed by atoms with Gasteiger partial charge in [0.15, 0.2) is 0 Å². The van der Waals surface area contributed by atoms with Gasteiger partial charge in [0.1, 0.15) is 0 Å². The Morgan fingerprint density at radius 1 is 1.29 bits per heavy atom. The van der Waals surface area contributed by atoms with Gasteiger partial charge in [-0.2, -0.15) is 0 Å². The molecule has 0 bridgehead atoms. The van der Waals surface area contributed by atoms with Gasteiger partial charge in [0.25, 0.3) is 5.56 Å². The van der Waals surface area contributed by atoms with Crippen LogP contribution in [0.15, 0.2) is 47.4 Å². The van der Waals surface area contributed by atoms with E-state index < -0.39 is 0 Å². The average molecular weight is 306 g/mol. The predicted octanol–water partition coefficient (Wildman–Crippen LogP) is 3.12. The fourth-order valence-corrected chi connectivity index (χ4v) is 2.08. The molecule has 0 unspecified atom stereocenters. The van der Waals surface area contributed by atoms with Crippen molar-refractivity contribution in [2.75, 3.05) is 6.61 Å². The van der Waals surface area contributed by atoms with Crippen molar-refractivity contribution < 1.29 is 9.53 Å². The Morgan fingerprint density at radius 2 is 2.10 bits per heavy atom. The molecule has 0 aliphatic carbocycles. The summed E-state index contributed by atoms with van der Waals surface area (Å²) in [5, 5.41) is 0.494. The molecule has 1 aromatic carbocycles. The summed E-state index contributed by atoms with van der Waals surface area (Å²) in [7, 11) is 0. The van der Waals surface area contributed by atoms with Crippen LogP contribution in [0, 0.1) is 0 Å². The van der Waals surface area contributed by atoms with Crippen LogP contribution in [-0.2, 0) is 11.3 Å². The van der Waals surface area contributed by atoms with E-state index in [9.17, 15) is 9.59 Å². The monoisotopic (exact) mass is 305 g/mol. The number of aromatic nitrogens is 1. The average Bonchev–Trinajstić information content (AvgIpc) is 2.49. The molecule has 0 amide bonds. The zero-order valence-electron chi connectivity index (χ0n) is 11.7. The van der Waals surface area contributed by atoms with E-state index in [0.29, 0.717) is 23.7 Å². The fourth-order valence-electron chi connectivity index (χ4n) is 1.90. The molecule has 1 aromatic heterocycles. The van der Waals surface area contributed by atoms with Crippen molar-refractivity contribution >= 4 is 17.6 Å². The highest BCUT2D eigenvalue weighted by atomic mass is 35.5. The number of ether oxygens (including phenoxy) is 1. The Hall–Kier alpha value is -2.07. The van der Waals surface area contributed by atoms with E-state index in [4.69, 9.17) is 16.3 Å². The number of hydrogen-bond acceptors (Lipinski definition) is 3. The molecule has 0 N–H and O–H groups in total. The Kier molecular flexibility index (Phi) is 5.17. The Balaban J connectivity index is 2.19. The van der Waals surface area contributed by atoms with E-state index in [-0.39, 0.29) is 11.5 Å². The Morgan fingerprint density at radius 3 is 2.86 bits per heavy atom. The van der Waals surface area contributed by atoms with Crippen LogP contribution in [0.25, 0.3) is 0 Å². The standard InChI is InChI=1S/C16H16ClNO3/c1-2-8-21-16(20)13-5-3-4-12(9-13)10-18-11-14(17)6-7-15(18)19/h3-7,9,11H,2,8,10H2,1H3. The van der Waals surface area contributed by atoms with E-state index in [1.807, 2.05) is 13.0 Å². The highest BCUT2D eigenvalue weighted by Crippen LogP contribution is 2.10. The van der Waals surface area contributed by atoms with E-state index in [2.05, 4.69) is 0 Å². The highest BCUT2D eigenvalue weighted by Gasteiger charge is 2.08. The van der Waals surface area contributed by atoms with Crippen LogP contribution < -0.4 is 5.56 Å². The number of pyridine rings is 1. The first-order valence-electron chi connectivity index (χ1n) is 6.72. The number of rotatable bonds is 5. The van der Waals surface area contributed by atoms with Gasteiger partial charge in [0.2, 0.25) is 0 Å². The maximum absolute atomic E-state index is 11.8. The van der Waals surface area contributed by atoms with Crippen LogP contribution in [0.4, 0.5) is 0 Å². The van der Waals surface area contributed by atoms with E-state index >= 15 is 0 Å². The SMILES string of the molecule is CCCOC(=O)c1cccc(Cn2cc(Cl)ccc2=O)c1. The van der Waals surface area contributed by atoms with Gasteiger partial charge in [0.05, 0.1) is 23.7 Å². The molecule has 110 valence electrons. The van der Waals surface area contributed by atoms with E-state index in [0.717, 1.165) is 12.0 Å². The van der Waals surface area contributed by atoms with Crippen molar-refractivity contribution in [1.29, 1.82) is 0 Å². The number of carbonyl (C=O) groups excluding carboxylic acids is 1. The zero-order chi connectivity index (χ0) is 15.2. The summed E-state index contributed by atoms with van der Waals surface area (Å²) in [6.07, 6.45) is 2.36. The topological polar surface area (TPSA) is 48.3 Å². The molecule has 4 nitrogen and oxygen atoms in total. The number of benzene rings is 1. The molecule has 2 rings (SSSR count). The van der Waals surface area contributed by atoms with Gasteiger partial charge in [-0.1, -0.05) is 30.7 Å². The van der Waals surface area contributed by atoms with Gasteiger partial charge in [-0.3, -0.25) is 4.79 Å². The molecule has 0 spiro atoms.